The minimum Gasteiger partial charge on any atom is -0.480 e. The van der Waals surface area contributed by atoms with Crippen LogP contribution in [0.25, 0.3) is 0 Å². The largest absolute Gasteiger partial charge is 0.480 e. The molecule has 0 unspecified atom stereocenters. The highest BCUT2D eigenvalue weighted by atomic mass is 19.1. The van der Waals surface area contributed by atoms with E-state index in [1.165, 1.54) is 12.1 Å². The number of carbonyl (C=O) groups excluding carboxylic acids is 1. The molecule has 2 aliphatic rings. The third kappa shape index (κ3) is 2.90. The van der Waals surface area contributed by atoms with Crippen molar-refractivity contribution in [1.82, 2.24) is 4.90 Å². The van der Waals surface area contributed by atoms with E-state index < -0.39 is 5.97 Å². The summed E-state index contributed by atoms with van der Waals surface area (Å²) in [6.45, 7) is 1.40. The quantitative estimate of drug-likeness (QED) is 0.883. The maximum absolute atomic E-state index is 13.1. The Hall–Kier alpha value is -1.95. The molecule has 112 valence electrons. The second-order valence-electron chi connectivity index (χ2n) is 5.97. The topological polar surface area (TPSA) is 69.6 Å². The predicted molar refractivity (Wildman–Crippen MR) is 74.3 cm³/mol. The lowest BCUT2D eigenvalue weighted by atomic mass is 10.0. The number of hydrogen-bond donors (Lipinski definition) is 2. The fourth-order valence-electron chi connectivity index (χ4n) is 3.28. The number of rotatable bonds is 4. The van der Waals surface area contributed by atoms with Gasteiger partial charge in [0, 0.05) is 18.2 Å². The Morgan fingerprint density at radius 2 is 2.29 bits per heavy atom. The molecule has 1 aliphatic carbocycles. The van der Waals surface area contributed by atoms with Gasteiger partial charge >= 0.3 is 5.97 Å². The summed E-state index contributed by atoms with van der Waals surface area (Å²) in [6.07, 6.45) is 1.63. The van der Waals surface area contributed by atoms with Gasteiger partial charge in [0.1, 0.15) is 5.82 Å². The van der Waals surface area contributed by atoms with Crippen LogP contribution in [0.2, 0.25) is 0 Å². The molecule has 1 heterocycles. The Morgan fingerprint density at radius 1 is 1.48 bits per heavy atom. The number of nitrogens with zero attached hydrogens (tertiary/aromatic N) is 1. The van der Waals surface area contributed by atoms with Gasteiger partial charge in [-0.05, 0) is 43.0 Å². The molecule has 2 fully saturated rings. The van der Waals surface area contributed by atoms with Gasteiger partial charge in [0.05, 0.1) is 6.54 Å². The maximum atomic E-state index is 13.1. The van der Waals surface area contributed by atoms with Crippen LogP contribution in [0.15, 0.2) is 24.3 Å². The summed E-state index contributed by atoms with van der Waals surface area (Å²) in [7, 11) is 0. The van der Waals surface area contributed by atoms with E-state index in [9.17, 15) is 14.0 Å². The van der Waals surface area contributed by atoms with Crippen LogP contribution in [-0.2, 0) is 9.59 Å². The molecule has 1 amide bonds. The smallest absolute Gasteiger partial charge is 0.317 e. The number of halogens is 1. The number of anilines is 1. The van der Waals surface area contributed by atoms with E-state index in [4.69, 9.17) is 5.11 Å². The SMILES string of the molecule is O=C(O)CN1CC[C@@]2(C[C@@H]2C(=O)Nc2cccc(F)c2)C1. The van der Waals surface area contributed by atoms with Gasteiger partial charge in [-0.1, -0.05) is 6.07 Å². The van der Waals surface area contributed by atoms with Crippen LogP contribution < -0.4 is 5.32 Å². The Morgan fingerprint density at radius 3 is 3.00 bits per heavy atom. The van der Waals surface area contributed by atoms with Gasteiger partial charge in [-0.3, -0.25) is 14.5 Å². The number of aliphatic carboxylic acids is 1. The van der Waals surface area contributed by atoms with Crippen molar-refractivity contribution in [2.45, 2.75) is 12.8 Å². The van der Waals surface area contributed by atoms with Crippen molar-refractivity contribution >= 4 is 17.6 Å². The summed E-state index contributed by atoms with van der Waals surface area (Å²) >= 11 is 0. The zero-order valence-corrected chi connectivity index (χ0v) is 11.5. The van der Waals surface area contributed by atoms with Crippen LogP contribution in [0.4, 0.5) is 10.1 Å². The summed E-state index contributed by atoms with van der Waals surface area (Å²) in [4.78, 5) is 24.8. The summed E-state index contributed by atoms with van der Waals surface area (Å²) in [5.74, 6) is -1.42. The van der Waals surface area contributed by atoms with E-state index in [0.29, 0.717) is 12.2 Å². The van der Waals surface area contributed by atoms with Crippen LogP contribution in [0, 0.1) is 17.2 Å². The third-order valence-electron chi connectivity index (χ3n) is 4.42. The molecule has 21 heavy (non-hydrogen) atoms. The number of hydrogen-bond acceptors (Lipinski definition) is 3. The number of carboxylic acids is 1. The molecule has 1 spiro atoms. The number of carbonyl (C=O) groups is 2. The van der Waals surface area contributed by atoms with Crippen LogP contribution >= 0.6 is 0 Å². The Bertz CT molecular complexity index is 592. The molecule has 0 bridgehead atoms. The van der Waals surface area contributed by atoms with E-state index in [2.05, 4.69) is 5.32 Å². The molecule has 2 atom stereocenters. The molecule has 0 radical (unpaired) electrons. The third-order valence-corrected chi connectivity index (χ3v) is 4.42. The first-order valence-electron chi connectivity index (χ1n) is 6.99. The monoisotopic (exact) mass is 292 g/mol. The van der Waals surface area contributed by atoms with Crippen molar-refractivity contribution in [2.24, 2.45) is 11.3 Å². The van der Waals surface area contributed by atoms with Crippen LogP contribution in [-0.4, -0.2) is 41.5 Å². The first kappa shape index (κ1) is 14.0. The Balaban J connectivity index is 1.58. The molecule has 1 aromatic rings. The second kappa shape index (κ2) is 5.11. The van der Waals surface area contributed by atoms with E-state index in [1.807, 2.05) is 4.90 Å². The molecule has 1 saturated carbocycles. The summed E-state index contributed by atoms with van der Waals surface area (Å²) in [5.41, 5.74) is 0.384. The summed E-state index contributed by atoms with van der Waals surface area (Å²) in [5, 5.41) is 11.5. The first-order valence-corrected chi connectivity index (χ1v) is 6.99. The van der Waals surface area contributed by atoms with Gasteiger partial charge in [0.2, 0.25) is 5.91 Å². The number of nitrogens with one attached hydrogen (secondary N) is 1. The van der Waals surface area contributed by atoms with E-state index >= 15 is 0 Å². The van der Waals surface area contributed by atoms with Gasteiger partial charge in [-0.25, -0.2) is 4.39 Å². The van der Waals surface area contributed by atoms with Gasteiger partial charge in [0.25, 0.3) is 0 Å². The second-order valence-corrected chi connectivity index (χ2v) is 5.97. The van der Waals surface area contributed by atoms with Crippen LogP contribution in [0.5, 0.6) is 0 Å². The molecule has 3 rings (SSSR count). The summed E-state index contributed by atoms with van der Waals surface area (Å²) < 4.78 is 13.1. The standard InChI is InChI=1S/C15H17FN2O3/c16-10-2-1-3-11(6-10)17-14(21)12-7-15(12)4-5-18(9-15)8-13(19)20/h1-3,6,12H,4-5,7-9H2,(H,17,21)(H,19,20)/t12-,15-/m1/s1. The number of carboxylic acid groups (broad SMARTS) is 1. The molecule has 6 heteroatoms. The van der Waals surface area contributed by atoms with Gasteiger partial charge < -0.3 is 10.4 Å². The zero-order valence-electron chi connectivity index (χ0n) is 11.5. The first-order chi connectivity index (χ1) is 9.98. The van der Waals surface area contributed by atoms with Gasteiger partial charge in [0.15, 0.2) is 0 Å². The molecule has 1 aromatic carbocycles. The van der Waals surface area contributed by atoms with Crippen molar-refractivity contribution in [3.05, 3.63) is 30.1 Å². The van der Waals surface area contributed by atoms with Crippen molar-refractivity contribution in [3.8, 4) is 0 Å². The van der Waals surface area contributed by atoms with E-state index in [0.717, 1.165) is 19.4 Å². The molecule has 1 aliphatic heterocycles. The Labute approximate surface area is 121 Å². The highest BCUT2D eigenvalue weighted by molar-refractivity contribution is 5.95. The fourth-order valence-corrected chi connectivity index (χ4v) is 3.28. The lowest BCUT2D eigenvalue weighted by Gasteiger charge is -2.13. The highest BCUT2D eigenvalue weighted by Gasteiger charge is 2.60. The number of benzene rings is 1. The summed E-state index contributed by atoms with van der Waals surface area (Å²) in [6, 6.07) is 5.83. The van der Waals surface area contributed by atoms with Crippen molar-refractivity contribution in [1.29, 1.82) is 0 Å². The minimum atomic E-state index is -0.839. The molecular weight excluding hydrogens is 275 g/mol. The fraction of sp³-hybridized carbons (Fsp3) is 0.467. The number of likely N-dealkylation sites (tertiary alicyclic amines) is 1. The van der Waals surface area contributed by atoms with Crippen molar-refractivity contribution < 1.29 is 19.1 Å². The molecule has 0 aromatic heterocycles. The maximum Gasteiger partial charge on any atom is 0.317 e. The van der Waals surface area contributed by atoms with Crippen molar-refractivity contribution in [3.63, 3.8) is 0 Å². The average Bonchev–Trinajstić information content (AvgIpc) is 2.95. The van der Waals surface area contributed by atoms with Crippen LogP contribution in [0.3, 0.4) is 0 Å². The molecule has 2 N–H and O–H groups in total. The highest BCUT2D eigenvalue weighted by Crippen LogP contribution is 2.58. The molecule has 5 nitrogen and oxygen atoms in total. The normalized spacial score (nSPS) is 27.8. The van der Waals surface area contributed by atoms with Gasteiger partial charge in [-0.15, -0.1) is 0 Å². The zero-order chi connectivity index (χ0) is 15.0. The molecule has 1 saturated heterocycles. The van der Waals surface area contributed by atoms with Gasteiger partial charge in [-0.2, -0.15) is 0 Å². The predicted octanol–water partition coefficient (Wildman–Crippen LogP) is 1.56. The van der Waals surface area contributed by atoms with E-state index in [-0.39, 0.29) is 29.6 Å². The molecular formula is C15H17FN2O3. The van der Waals surface area contributed by atoms with Crippen molar-refractivity contribution in [2.75, 3.05) is 25.0 Å². The lowest BCUT2D eigenvalue weighted by Crippen LogP contribution is -2.28. The van der Waals surface area contributed by atoms with E-state index in [1.54, 1.807) is 12.1 Å². The average molecular weight is 292 g/mol. The Kier molecular flexibility index (Phi) is 3.41. The minimum absolute atomic E-state index is 0.0278. The number of amides is 1. The lowest BCUT2D eigenvalue weighted by molar-refractivity contribution is -0.138. The van der Waals surface area contributed by atoms with Crippen LogP contribution in [0.1, 0.15) is 12.8 Å².